The number of aryl methyl sites for hydroxylation is 2. The van der Waals surface area contributed by atoms with Crippen molar-refractivity contribution in [1.82, 2.24) is 0 Å². The van der Waals surface area contributed by atoms with Crippen LogP contribution in [-0.4, -0.2) is 13.2 Å². The molecule has 0 saturated heterocycles. The molecule has 0 heterocycles. The molecule has 0 aromatic heterocycles. The zero-order valence-corrected chi connectivity index (χ0v) is 13.0. The predicted octanol–water partition coefficient (Wildman–Crippen LogP) is 3.76. The molecular weight excluding hydrogens is 258 g/mol. The lowest BCUT2D eigenvalue weighted by Gasteiger charge is -2.12. The van der Waals surface area contributed by atoms with E-state index < -0.39 is 0 Å². The first kappa shape index (κ1) is 15.6. The molecule has 2 N–H and O–H groups in total. The van der Waals surface area contributed by atoms with Crippen molar-refractivity contribution in [2.75, 3.05) is 7.11 Å². The molecule has 21 heavy (non-hydrogen) atoms. The Labute approximate surface area is 127 Å². The lowest BCUT2D eigenvalue weighted by molar-refractivity contribution is 0.407. The molecule has 0 spiro atoms. The van der Waals surface area contributed by atoms with Gasteiger partial charge in [0, 0.05) is 6.04 Å². The van der Waals surface area contributed by atoms with Gasteiger partial charge in [0.1, 0.15) is 5.75 Å². The van der Waals surface area contributed by atoms with E-state index in [1.54, 1.807) is 7.11 Å². The summed E-state index contributed by atoms with van der Waals surface area (Å²) >= 11 is 0. The highest BCUT2D eigenvalue weighted by atomic mass is 16.5. The van der Waals surface area contributed by atoms with Crippen LogP contribution in [0.1, 0.15) is 30.0 Å². The molecule has 0 unspecified atom stereocenters. The monoisotopic (exact) mass is 283 g/mol. The van der Waals surface area contributed by atoms with E-state index in [1.807, 2.05) is 6.92 Å². The molecule has 1 atom stereocenters. The van der Waals surface area contributed by atoms with E-state index in [0.717, 1.165) is 31.4 Å². The Balaban J connectivity index is 1.94. The third-order valence-electron chi connectivity index (χ3n) is 3.67. The van der Waals surface area contributed by atoms with Crippen LogP contribution in [0.3, 0.4) is 0 Å². The van der Waals surface area contributed by atoms with E-state index in [1.165, 1.54) is 16.7 Å². The summed E-state index contributed by atoms with van der Waals surface area (Å²) in [7, 11) is 1.73. The first-order chi connectivity index (χ1) is 10.2. The van der Waals surface area contributed by atoms with Gasteiger partial charge in [0.2, 0.25) is 0 Å². The first-order valence-electron chi connectivity index (χ1n) is 7.64. The fraction of sp³-hybridized carbons (Fsp3) is 0.368. The van der Waals surface area contributed by atoms with Gasteiger partial charge in [-0.3, -0.25) is 0 Å². The zero-order valence-electron chi connectivity index (χ0n) is 13.0. The average molecular weight is 283 g/mol. The number of rotatable bonds is 7. The fourth-order valence-corrected chi connectivity index (χ4v) is 2.60. The van der Waals surface area contributed by atoms with Gasteiger partial charge in [-0.25, -0.2) is 0 Å². The van der Waals surface area contributed by atoms with Gasteiger partial charge in [0.15, 0.2) is 0 Å². The average Bonchev–Trinajstić information content (AvgIpc) is 2.49. The van der Waals surface area contributed by atoms with Crippen molar-refractivity contribution in [3.63, 3.8) is 0 Å². The molecule has 0 bridgehead atoms. The number of hydrogen-bond donors (Lipinski definition) is 1. The summed E-state index contributed by atoms with van der Waals surface area (Å²) in [5, 5.41) is 0. The second-order valence-electron chi connectivity index (χ2n) is 5.67. The molecule has 112 valence electrons. The molecule has 0 saturated carbocycles. The molecular formula is C19H25NO. The molecule has 2 nitrogen and oxygen atoms in total. The molecule has 2 aromatic rings. The van der Waals surface area contributed by atoms with E-state index in [9.17, 15) is 0 Å². The number of benzene rings is 2. The Hall–Kier alpha value is -1.80. The van der Waals surface area contributed by atoms with Crippen molar-refractivity contribution in [3.8, 4) is 5.75 Å². The Kier molecular flexibility index (Phi) is 5.82. The van der Waals surface area contributed by atoms with Crippen LogP contribution in [0.5, 0.6) is 5.75 Å². The molecule has 2 aromatic carbocycles. The smallest absolute Gasteiger partial charge is 0.122 e. The van der Waals surface area contributed by atoms with Crippen LogP contribution in [0.2, 0.25) is 0 Å². The van der Waals surface area contributed by atoms with Gasteiger partial charge < -0.3 is 10.5 Å². The van der Waals surface area contributed by atoms with Crippen LogP contribution in [-0.2, 0) is 19.3 Å². The molecule has 0 aliphatic rings. The number of hydrogen-bond acceptors (Lipinski definition) is 2. The van der Waals surface area contributed by atoms with Gasteiger partial charge in [-0.2, -0.15) is 0 Å². The number of nitrogens with two attached hydrogens (primary N) is 1. The molecule has 2 rings (SSSR count). The minimum atomic E-state index is 0.155. The van der Waals surface area contributed by atoms with Crippen LogP contribution in [0.25, 0.3) is 0 Å². The van der Waals surface area contributed by atoms with Crippen LogP contribution >= 0.6 is 0 Å². The highest BCUT2D eigenvalue weighted by molar-refractivity contribution is 5.38. The van der Waals surface area contributed by atoms with Crippen LogP contribution < -0.4 is 10.5 Å². The van der Waals surface area contributed by atoms with Gasteiger partial charge in [-0.05, 0) is 55.4 Å². The van der Waals surface area contributed by atoms with Gasteiger partial charge >= 0.3 is 0 Å². The molecule has 0 aliphatic heterocycles. The standard InChI is InChI=1S/C19H25NO/c1-15(20)13-18-12-11-17(14-19(18)21-2)10-6-9-16-7-4-3-5-8-16/h3-5,7-8,11-12,14-15H,6,9-10,13,20H2,1-2H3/t15-/m1/s1. The van der Waals surface area contributed by atoms with Crippen LogP contribution in [0.4, 0.5) is 0 Å². The van der Waals surface area contributed by atoms with Crippen molar-refractivity contribution in [1.29, 1.82) is 0 Å². The summed E-state index contributed by atoms with van der Waals surface area (Å²) in [5.41, 5.74) is 9.80. The highest BCUT2D eigenvalue weighted by Gasteiger charge is 2.07. The fourth-order valence-electron chi connectivity index (χ4n) is 2.60. The first-order valence-corrected chi connectivity index (χ1v) is 7.64. The van der Waals surface area contributed by atoms with Crippen LogP contribution in [0.15, 0.2) is 48.5 Å². The van der Waals surface area contributed by atoms with Crippen LogP contribution in [0, 0.1) is 0 Å². The zero-order chi connectivity index (χ0) is 15.1. The van der Waals surface area contributed by atoms with Crippen molar-refractivity contribution in [2.24, 2.45) is 5.73 Å². The number of ether oxygens (including phenoxy) is 1. The summed E-state index contributed by atoms with van der Waals surface area (Å²) in [6.45, 7) is 2.02. The Morgan fingerprint density at radius 1 is 1.00 bits per heavy atom. The Morgan fingerprint density at radius 2 is 1.71 bits per heavy atom. The second-order valence-corrected chi connectivity index (χ2v) is 5.67. The Morgan fingerprint density at radius 3 is 2.38 bits per heavy atom. The molecule has 2 heteroatoms. The normalized spacial score (nSPS) is 12.1. The largest absolute Gasteiger partial charge is 0.496 e. The maximum atomic E-state index is 5.88. The molecule has 0 amide bonds. The Bertz CT molecular complexity index is 549. The lowest BCUT2D eigenvalue weighted by Crippen LogP contribution is -2.18. The van der Waals surface area contributed by atoms with Gasteiger partial charge in [0.05, 0.1) is 7.11 Å². The van der Waals surface area contributed by atoms with E-state index in [-0.39, 0.29) is 6.04 Å². The molecule has 0 aliphatic carbocycles. The maximum absolute atomic E-state index is 5.88. The molecule has 0 fully saturated rings. The van der Waals surface area contributed by atoms with Gasteiger partial charge in [-0.1, -0.05) is 42.5 Å². The van der Waals surface area contributed by atoms with Gasteiger partial charge in [0.25, 0.3) is 0 Å². The summed E-state index contributed by atoms with van der Waals surface area (Å²) < 4.78 is 5.50. The van der Waals surface area contributed by atoms with Gasteiger partial charge in [-0.15, -0.1) is 0 Å². The summed E-state index contributed by atoms with van der Waals surface area (Å²) in [6, 6.07) is 17.3. The summed E-state index contributed by atoms with van der Waals surface area (Å²) in [5.74, 6) is 0.963. The summed E-state index contributed by atoms with van der Waals surface area (Å²) in [6.07, 6.45) is 4.20. The highest BCUT2D eigenvalue weighted by Crippen LogP contribution is 2.22. The van der Waals surface area contributed by atoms with Crippen molar-refractivity contribution in [3.05, 3.63) is 65.2 Å². The third kappa shape index (κ3) is 4.91. The quantitative estimate of drug-likeness (QED) is 0.839. The van der Waals surface area contributed by atoms with E-state index in [2.05, 4.69) is 48.5 Å². The summed E-state index contributed by atoms with van der Waals surface area (Å²) in [4.78, 5) is 0. The minimum absolute atomic E-state index is 0.155. The molecule has 0 radical (unpaired) electrons. The van der Waals surface area contributed by atoms with E-state index in [0.29, 0.717) is 0 Å². The SMILES string of the molecule is COc1cc(CCCc2ccccc2)ccc1C[C@@H](C)N. The predicted molar refractivity (Wildman–Crippen MR) is 88.8 cm³/mol. The van der Waals surface area contributed by atoms with Crippen molar-refractivity contribution >= 4 is 0 Å². The third-order valence-corrected chi connectivity index (χ3v) is 3.67. The number of methoxy groups -OCH3 is 1. The topological polar surface area (TPSA) is 35.2 Å². The minimum Gasteiger partial charge on any atom is -0.496 e. The van der Waals surface area contributed by atoms with E-state index in [4.69, 9.17) is 10.5 Å². The van der Waals surface area contributed by atoms with Crippen molar-refractivity contribution < 1.29 is 4.74 Å². The van der Waals surface area contributed by atoms with Crippen molar-refractivity contribution in [2.45, 2.75) is 38.6 Å². The van der Waals surface area contributed by atoms with E-state index >= 15 is 0 Å². The lowest BCUT2D eigenvalue weighted by atomic mass is 10.00. The maximum Gasteiger partial charge on any atom is 0.122 e. The second kappa shape index (κ2) is 7.84.